The summed E-state index contributed by atoms with van der Waals surface area (Å²) in [6.45, 7) is 6.33. The molecule has 0 bridgehead atoms. The Bertz CT molecular complexity index is 1480. The zero-order valence-corrected chi connectivity index (χ0v) is 20.0. The minimum absolute atomic E-state index is 0.253. The summed E-state index contributed by atoms with van der Waals surface area (Å²) >= 11 is 1.48. The van der Waals surface area contributed by atoms with Crippen LogP contribution in [0.5, 0.6) is 5.75 Å². The van der Waals surface area contributed by atoms with Gasteiger partial charge < -0.3 is 10.1 Å². The molecule has 0 saturated heterocycles. The third-order valence-corrected chi connectivity index (χ3v) is 6.33. The molecule has 6 nitrogen and oxygen atoms in total. The van der Waals surface area contributed by atoms with Crippen LogP contribution in [0.25, 0.3) is 27.2 Å². The predicted molar refractivity (Wildman–Crippen MR) is 137 cm³/mol. The largest absolute Gasteiger partial charge is 0.493 e. The first-order chi connectivity index (χ1) is 16.5. The van der Waals surface area contributed by atoms with Crippen molar-refractivity contribution in [3.63, 3.8) is 0 Å². The van der Waals surface area contributed by atoms with E-state index >= 15 is 0 Å². The van der Waals surface area contributed by atoms with E-state index in [1.54, 1.807) is 4.68 Å². The number of hydrogen-bond donors (Lipinski definition) is 1. The van der Waals surface area contributed by atoms with Crippen molar-refractivity contribution in [3.8, 4) is 22.1 Å². The molecule has 1 amide bonds. The van der Waals surface area contributed by atoms with Crippen LogP contribution in [0.15, 0.2) is 72.1 Å². The molecule has 0 aliphatic carbocycles. The number of nitrogens with zero attached hydrogens (tertiary/aromatic N) is 3. The monoisotopic (exact) mass is 468 g/mol. The second kappa shape index (κ2) is 9.11. The SMILES string of the molecule is CCOc1ccc2ccccc2c1C(=O)Nc1cc(C)nn1-c1nc(-c2ccc(C)cc2)cs1. The smallest absolute Gasteiger partial charge is 0.261 e. The molecule has 0 aliphatic heterocycles. The predicted octanol–water partition coefficient (Wildman–Crippen LogP) is 6.42. The van der Waals surface area contributed by atoms with E-state index in [9.17, 15) is 4.79 Å². The van der Waals surface area contributed by atoms with Gasteiger partial charge in [-0.3, -0.25) is 4.79 Å². The highest BCUT2D eigenvalue weighted by atomic mass is 32.1. The molecule has 5 aromatic rings. The highest BCUT2D eigenvalue weighted by molar-refractivity contribution is 7.12. The van der Waals surface area contributed by atoms with E-state index in [1.807, 2.05) is 61.7 Å². The normalized spacial score (nSPS) is 11.0. The second-order valence-electron chi connectivity index (χ2n) is 8.01. The number of benzene rings is 3. The average Bonchev–Trinajstić information content (AvgIpc) is 3.46. The summed E-state index contributed by atoms with van der Waals surface area (Å²) in [5, 5.41) is 12.1. The minimum Gasteiger partial charge on any atom is -0.493 e. The number of thiazole rings is 1. The Kier molecular flexibility index (Phi) is 5.86. The van der Waals surface area contributed by atoms with E-state index in [0.29, 0.717) is 28.9 Å². The van der Waals surface area contributed by atoms with Gasteiger partial charge in [-0.1, -0.05) is 60.2 Å². The number of aryl methyl sites for hydroxylation is 2. The van der Waals surface area contributed by atoms with Crippen LogP contribution in [-0.4, -0.2) is 27.3 Å². The molecule has 1 N–H and O–H groups in total. The zero-order valence-electron chi connectivity index (χ0n) is 19.2. The van der Waals surface area contributed by atoms with Gasteiger partial charge in [0, 0.05) is 17.0 Å². The molecular formula is C27H24N4O2S. The molecule has 2 aromatic heterocycles. The van der Waals surface area contributed by atoms with Crippen LogP contribution in [0.1, 0.15) is 28.5 Å². The van der Waals surface area contributed by atoms with Crippen LogP contribution >= 0.6 is 11.3 Å². The third-order valence-electron chi connectivity index (χ3n) is 5.51. The van der Waals surface area contributed by atoms with Gasteiger partial charge >= 0.3 is 0 Å². The third kappa shape index (κ3) is 4.18. The van der Waals surface area contributed by atoms with Crippen LogP contribution in [0.4, 0.5) is 5.82 Å². The standard InChI is InChI=1S/C27H24N4O2S/c1-4-33-23-14-13-19-7-5-6-8-21(19)25(23)26(32)29-24-15-18(3)30-31(24)27-28-22(16-34-27)20-11-9-17(2)10-12-20/h5-16H,4H2,1-3H3,(H,29,32). The summed E-state index contributed by atoms with van der Waals surface area (Å²) in [5.41, 5.74) is 4.40. The summed E-state index contributed by atoms with van der Waals surface area (Å²) < 4.78 is 7.47. The lowest BCUT2D eigenvalue weighted by molar-refractivity contribution is 0.102. The summed E-state index contributed by atoms with van der Waals surface area (Å²) in [5.74, 6) is 0.858. The maximum atomic E-state index is 13.5. The number of carbonyl (C=O) groups excluding carboxylic acids is 1. The Hall–Kier alpha value is -3.97. The van der Waals surface area contributed by atoms with Crippen molar-refractivity contribution in [3.05, 3.63) is 88.9 Å². The summed E-state index contributed by atoms with van der Waals surface area (Å²) in [6, 6.07) is 21.7. The number of carbonyl (C=O) groups is 1. The van der Waals surface area contributed by atoms with E-state index in [1.165, 1.54) is 16.9 Å². The lowest BCUT2D eigenvalue weighted by Gasteiger charge is -2.14. The van der Waals surface area contributed by atoms with Gasteiger partial charge in [-0.25, -0.2) is 4.98 Å². The molecular weight excluding hydrogens is 444 g/mol. The molecule has 0 spiro atoms. The molecule has 0 unspecified atom stereocenters. The minimum atomic E-state index is -0.253. The fourth-order valence-corrected chi connectivity index (χ4v) is 4.69. The van der Waals surface area contributed by atoms with Gasteiger partial charge in [-0.15, -0.1) is 11.3 Å². The highest BCUT2D eigenvalue weighted by Gasteiger charge is 2.20. The highest BCUT2D eigenvalue weighted by Crippen LogP contribution is 2.31. The maximum Gasteiger partial charge on any atom is 0.261 e. The summed E-state index contributed by atoms with van der Waals surface area (Å²) in [6.07, 6.45) is 0. The molecule has 0 fully saturated rings. The molecule has 0 radical (unpaired) electrons. The van der Waals surface area contributed by atoms with E-state index in [4.69, 9.17) is 9.72 Å². The van der Waals surface area contributed by atoms with Crippen molar-refractivity contribution >= 4 is 33.8 Å². The van der Waals surface area contributed by atoms with Crippen molar-refractivity contribution in [1.29, 1.82) is 0 Å². The van der Waals surface area contributed by atoms with Crippen molar-refractivity contribution in [2.45, 2.75) is 20.8 Å². The number of hydrogen-bond acceptors (Lipinski definition) is 5. The number of anilines is 1. The number of aromatic nitrogens is 3. The van der Waals surface area contributed by atoms with Gasteiger partial charge in [0.05, 0.1) is 23.6 Å². The fraction of sp³-hybridized carbons (Fsp3) is 0.148. The molecule has 5 rings (SSSR count). The molecule has 7 heteroatoms. The first kappa shape index (κ1) is 21.9. The van der Waals surface area contributed by atoms with E-state index in [-0.39, 0.29) is 5.91 Å². The molecule has 0 saturated carbocycles. The van der Waals surface area contributed by atoms with Crippen molar-refractivity contribution in [1.82, 2.24) is 14.8 Å². The molecule has 3 aromatic carbocycles. The van der Waals surface area contributed by atoms with Gasteiger partial charge in [0.1, 0.15) is 11.6 Å². The van der Waals surface area contributed by atoms with E-state index in [0.717, 1.165) is 27.7 Å². The number of nitrogens with one attached hydrogen (secondary N) is 1. The van der Waals surface area contributed by atoms with E-state index in [2.05, 4.69) is 41.6 Å². The summed E-state index contributed by atoms with van der Waals surface area (Å²) in [7, 11) is 0. The topological polar surface area (TPSA) is 69.0 Å². The average molecular weight is 469 g/mol. The van der Waals surface area contributed by atoms with Crippen LogP contribution in [0, 0.1) is 13.8 Å². The molecule has 0 aliphatic rings. The van der Waals surface area contributed by atoms with Gasteiger partial charge in [0.25, 0.3) is 5.91 Å². The Morgan fingerprint density at radius 3 is 2.65 bits per heavy atom. The number of fused-ring (bicyclic) bond motifs is 1. The van der Waals surface area contributed by atoms with Gasteiger partial charge in [0.15, 0.2) is 0 Å². The summed E-state index contributed by atoms with van der Waals surface area (Å²) in [4.78, 5) is 18.3. The van der Waals surface area contributed by atoms with E-state index < -0.39 is 0 Å². The van der Waals surface area contributed by atoms with Crippen LogP contribution in [-0.2, 0) is 0 Å². The van der Waals surface area contributed by atoms with Gasteiger partial charge in [0.2, 0.25) is 5.13 Å². The van der Waals surface area contributed by atoms with Crippen LogP contribution < -0.4 is 10.1 Å². The maximum absolute atomic E-state index is 13.5. The first-order valence-corrected chi connectivity index (χ1v) is 12.0. The van der Waals surface area contributed by atoms with Crippen molar-refractivity contribution < 1.29 is 9.53 Å². The Morgan fingerprint density at radius 2 is 1.85 bits per heavy atom. The lowest BCUT2D eigenvalue weighted by Crippen LogP contribution is -2.17. The quantitative estimate of drug-likeness (QED) is 0.312. The molecule has 170 valence electrons. The lowest BCUT2D eigenvalue weighted by atomic mass is 10.0. The Balaban J connectivity index is 1.50. The second-order valence-corrected chi connectivity index (χ2v) is 8.85. The first-order valence-electron chi connectivity index (χ1n) is 11.1. The number of amides is 1. The van der Waals surface area contributed by atoms with Crippen LogP contribution in [0.3, 0.4) is 0 Å². The number of ether oxygens (including phenoxy) is 1. The van der Waals surface area contributed by atoms with Gasteiger partial charge in [-0.2, -0.15) is 9.78 Å². The van der Waals surface area contributed by atoms with Crippen molar-refractivity contribution in [2.75, 3.05) is 11.9 Å². The fourth-order valence-electron chi connectivity index (χ4n) is 3.89. The molecule has 34 heavy (non-hydrogen) atoms. The van der Waals surface area contributed by atoms with Gasteiger partial charge in [-0.05, 0) is 37.6 Å². The number of rotatable bonds is 6. The zero-order chi connectivity index (χ0) is 23.7. The Labute approximate surface area is 201 Å². The molecule has 0 atom stereocenters. The van der Waals surface area contributed by atoms with Crippen molar-refractivity contribution in [2.24, 2.45) is 0 Å². The van der Waals surface area contributed by atoms with Crippen LogP contribution in [0.2, 0.25) is 0 Å². The molecule has 2 heterocycles. The Morgan fingerprint density at radius 1 is 1.06 bits per heavy atom.